The third kappa shape index (κ3) is 95.0. The average molecular weight is 1930 g/mol. The number of β-amino-alcohol motifs (C(OH)–C–C–N with tert-alkyl or cyclic N) is 1. The number of epoxide rings is 1. The molecule has 2 unspecified atom stereocenters. The molecule has 0 aromatic carbocycles. The molecule has 3 saturated heterocycles. The number of rotatable bonds is 20. The molecule has 0 radical (unpaired) electrons. The minimum Gasteiger partial charge on any atom is -0.412 e. The Balaban J connectivity index is -0.0000000756. The Labute approximate surface area is 519 Å². The van der Waals surface area contributed by atoms with E-state index in [-0.39, 0.29) is 144 Å². The van der Waals surface area contributed by atoms with Crippen molar-refractivity contribution in [1.82, 2.24) is 21.7 Å². The average Bonchev–Trinajstić information content (AvgIpc) is 4.12. The number of aliphatic carboxylic acids is 1. The minimum atomic E-state index is -0.741. The van der Waals surface area contributed by atoms with Gasteiger partial charge in [-0.3, -0.25) is 28.9 Å². The van der Waals surface area contributed by atoms with Crippen molar-refractivity contribution >= 4 is 158 Å². The van der Waals surface area contributed by atoms with Crippen LogP contribution in [0.2, 0.25) is 0 Å². The van der Waals surface area contributed by atoms with Crippen molar-refractivity contribution in [2.24, 2.45) is 45.7 Å². The molecule has 0 aromatic rings. The van der Waals surface area contributed by atoms with E-state index in [1.54, 1.807) is 41.5 Å². The van der Waals surface area contributed by atoms with Crippen molar-refractivity contribution in [1.29, 1.82) is 0 Å². The number of carboxylic acids is 1. The zero-order valence-electron chi connectivity index (χ0n) is 43.7. The largest absolute Gasteiger partial charge is 0.412 e. The molecular formula is C42H90I8N6O15-2. The summed E-state index contributed by atoms with van der Waals surface area (Å²) >= 11 is 10.6. The van der Waals surface area contributed by atoms with Crippen molar-refractivity contribution < 1.29 is 99.8 Å². The van der Waals surface area contributed by atoms with Crippen LogP contribution in [0.15, 0.2) is 4.99 Å². The predicted octanol–water partition coefficient (Wildman–Crippen LogP) is 0.167. The van der Waals surface area contributed by atoms with Crippen LogP contribution in [-0.2, 0) is 52.5 Å². The van der Waals surface area contributed by atoms with Crippen LogP contribution in [0, 0.1) is 35.0 Å². The van der Waals surface area contributed by atoms with E-state index in [1.807, 2.05) is 41.5 Å². The number of aliphatic imine (C=N–C) groups is 1. The van der Waals surface area contributed by atoms with Crippen LogP contribution in [0.4, 0.5) is 0 Å². The summed E-state index contributed by atoms with van der Waals surface area (Å²) in [5.41, 5.74) is 5.37. The van der Waals surface area contributed by atoms with Gasteiger partial charge in [0.1, 0.15) is 25.9 Å². The Morgan fingerprint density at radius 2 is 1.15 bits per heavy atom. The van der Waals surface area contributed by atoms with E-state index in [4.69, 9.17) is 44.7 Å². The Morgan fingerprint density at radius 3 is 1.42 bits per heavy atom. The first-order valence-electron chi connectivity index (χ1n) is 21.6. The first kappa shape index (κ1) is 95.5. The fourth-order valence-electron chi connectivity index (χ4n) is 2.55. The molecule has 0 aromatic heterocycles. The van der Waals surface area contributed by atoms with E-state index in [1.165, 1.54) is 25.7 Å². The molecule has 436 valence electrons. The van der Waals surface area contributed by atoms with Gasteiger partial charge < -0.3 is 67.0 Å². The van der Waals surface area contributed by atoms with Gasteiger partial charge >= 0.3 is 131 Å². The molecule has 3 aliphatic rings. The van der Waals surface area contributed by atoms with Crippen LogP contribution in [0.5, 0.6) is 0 Å². The molecule has 0 saturated carbocycles. The molecule has 21 nitrogen and oxygen atoms in total. The van der Waals surface area contributed by atoms with Crippen LogP contribution < -0.4 is 49.0 Å². The normalized spacial score (nSPS) is 13.8. The van der Waals surface area contributed by atoms with Crippen molar-refractivity contribution in [2.45, 2.75) is 102 Å². The molecule has 0 aliphatic carbocycles. The topological polar surface area (TPSA) is 354 Å². The maximum Gasteiger partial charge on any atom is 0.0558 e. The summed E-state index contributed by atoms with van der Waals surface area (Å²) in [5, 5.41) is 30.6. The fourth-order valence-corrected chi connectivity index (χ4v) is 2.55. The quantitative estimate of drug-likeness (QED) is 0.0162. The van der Waals surface area contributed by atoms with Crippen LogP contribution in [-0.4, -0.2) is 172 Å². The first-order valence-corrected chi connectivity index (χ1v) is 46.8. The molecule has 3 rings (SSSR count). The number of halogens is 8. The van der Waals surface area contributed by atoms with Gasteiger partial charge in [0, 0.05) is 57.3 Å². The van der Waals surface area contributed by atoms with Crippen molar-refractivity contribution in [3.05, 3.63) is 0 Å². The third-order valence-corrected chi connectivity index (χ3v) is 7.24. The summed E-state index contributed by atoms with van der Waals surface area (Å²) in [4.78, 5) is 68.1. The fraction of sp³-hybridized carbons (Fsp3) is 0.857. The van der Waals surface area contributed by atoms with Gasteiger partial charge in [0.25, 0.3) is 0 Å². The third-order valence-electron chi connectivity index (χ3n) is 7.24. The number of carboxylic acid groups (broad SMARTS) is 1. The molecule has 0 spiro atoms. The predicted molar refractivity (Wildman–Crippen MR) is 328 cm³/mol. The molecule has 0 bridgehead atoms. The Morgan fingerprint density at radius 1 is 0.789 bits per heavy atom. The Bertz CT molecular complexity index is 1250. The van der Waals surface area contributed by atoms with Crippen LogP contribution in [0.3, 0.4) is 0 Å². The molecule has 71 heavy (non-hydrogen) atoms. The van der Waals surface area contributed by atoms with Gasteiger partial charge in [-0.05, 0) is 6.92 Å². The number of aliphatic hydroxyl groups excluding tert-OH is 2. The molecule has 0 amide bonds. The van der Waals surface area contributed by atoms with Gasteiger partial charge in [-0.1, -0.05) is 83.1 Å². The van der Waals surface area contributed by atoms with Crippen LogP contribution in [0.1, 0.15) is 90.0 Å². The number of carbonyl (C=O) groups is 5. The summed E-state index contributed by atoms with van der Waals surface area (Å²) in [6, 6.07) is 0.833. The first-order chi connectivity index (χ1) is 31.2. The summed E-state index contributed by atoms with van der Waals surface area (Å²) in [7, 11) is 0. The standard InChI is InChI=1S/C9H19NO2.C8H17NO3.C7H11NO3.C7H12O3.C4H9NO.C4H8O2.C3H7N.2I3.2HI.H3N.H2O/c1-7(2)8(11)12-6-9(3,4)5-10;1-7(2)8(11)12-6-4-9-3-5-10;1-6(2)7(10)11-4-3-8-5-9;1-5(2)7(8)10-4-6-3-9-6;6-4-3-5-1-2-5;1-3(2)4(5)6;1-3-2-4-3;2*1-3-2;;;;/h7H,5-6,10H2,1-4H3;7,9-10H,3-6H2,1-2H3;6H,3-4H2,1-2H3;5-6H,3-4H2,1-2H3;6H,1-4H2;3H,1-2H3,(H,5,6);3-4H,2H2,1H3;;;2*1H;1H3;1H2/q;;;;;;;2*-1;;;;. The summed E-state index contributed by atoms with van der Waals surface area (Å²) in [6.07, 6.45) is 1.54. The number of hydrogen-bond acceptors (Lipinski definition) is 19. The number of esters is 4. The van der Waals surface area contributed by atoms with Gasteiger partial charge in [-0.15, -0.1) is 48.0 Å². The van der Waals surface area contributed by atoms with Gasteiger partial charge in [-0.25, -0.2) is 9.79 Å². The molecule has 3 aliphatic heterocycles. The SMILES string of the molecule is CC(C)C(=O)O.CC(C)C(=O)OCC(C)(C)CN.CC(C)C(=O)OCC1CO1.CC(C)C(=O)OCCN=C=O.CC(C)C(=O)OCCNCCO.CC1CN1.I.I.I[I-]I.I[I-]I.N.O.OCCN1CC1. The summed E-state index contributed by atoms with van der Waals surface area (Å²) in [6.45, 7) is 32.6. The van der Waals surface area contributed by atoms with Crippen molar-refractivity contribution in [3.63, 3.8) is 0 Å². The zero-order chi connectivity index (χ0) is 53.4. The van der Waals surface area contributed by atoms with Crippen molar-refractivity contribution in [2.75, 3.05) is 98.6 Å². The maximum atomic E-state index is 11.0. The van der Waals surface area contributed by atoms with Gasteiger partial charge in [0.15, 0.2) is 0 Å². The van der Waals surface area contributed by atoms with E-state index in [9.17, 15) is 28.8 Å². The summed E-state index contributed by atoms with van der Waals surface area (Å²) in [5.74, 6) is -2.01. The van der Waals surface area contributed by atoms with Gasteiger partial charge in [0.2, 0.25) is 6.08 Å². The van der Waals surface area contributed by atoms with E-state index in [0.717, 1.165) is 19.2 Å². The van der Waals surface area contributed by atoms with Gasteiger partial charge in [0.05, 0.1) is 62.6 Å². The van der Waals surface area contributed by atoms with Crippen LogP contribution in [0.25, 0.3) is 0 Å². The van der Waals surface area contributed by atoms with Crippen LogP contribution >= 0.6 is 122 Å². The zero-order valence-corrected chi connectivity index (χ0v) is 61.3. The smallest absolute Gasteiger partial charge is 0.0558 e. The van der Waals surface area contributed by atoms with Gasteiger partial charge in [-0.2, -0.15) is 0 Å². The van der Waals surface area contributed by atoms with E-state index in [0.29, 0.717) is 72.6 Å². The number of ether oxygens (including phenoxy) is 5. The number of nitrogens with two attached hydrogens (primary N) is 1. The molecule has 12 N–H and O–H groups in total. The van der Waals surface area contributed by atoms with E-state index in [2.05, 4.69) is 102 Å². The number of nitrogens with one attached hydrogen (secondary N) is 2. The number of carbonyl (C=O) groups excluding carboxylic acids is 5. The van der Waals surface area contributed by atoms with Crippen molar-refractivity contribution in [3.8, 4) is 0 Å². The Kier molecular flexibility index (Phi) is 91.9. The second-order valence-corrected chi connectivity index (χ2v) is 48.9. The van der Waals surface area contributed by atoms with E-state index < -0.39 is 5.97 Å². The number of nitrogens with zero attached hydrogens (tertiary/aromatic N) is 2. The number of isocyanates is 1. The summed E-state index contributed by atoms with van der Waals surface area (Å²) < 4.78 is 24.3. The second-order valence-electron chi connectivity index (χ2n) is 16.4. The molecular weight excluding hydrogens is 1840 g/mol. The molecule has 3 fully saturated rings. The monoisotopic (exact) mass is 1930 g/mol. The van der Waals surface area contributed by atoms with E-state index >= 15 is 0 Å². The molecule has 2 atom stereocenters. The number of aliphatic hydroxyl groups is 2. The molecule has 3 heterocycles. The maximum absolute atomic E-state index is 11.0. The second kappa shape index (κ2) is 68.3. The minimum absolute atomic E-state index is 0. The Hall–Kier alpha value is 2.21. The number of hydrogen-bond donors (Lipinski definition) is 7. The molecule has 29 heteroatoms.